The Kier molecular flexibility index (Phi) is 5.32. The van der Waals surface area contributed by atoms with Crippen LogP contribution >= 0.6 is 0 Å². The Labute approximate surface area is 78.3 Å². The van der Waals surface area contributed by atoms with Crippen molar-refractivity contribution in [3.63, 3.8) is 0 Å². The van der Waals surface area contributed by atoms with Crippen LogP contribution < -0.4 is 0 Å². The standard InChI is InChI=1S/C10H18GeO/c1-5-11(6-2,7-3)9-8-10(4)12/h5-7H2,1-4H3. The molecular weight excluding hydrogens is 209 g/mol. The van der Waals surface area contributed by atoms with Crippen molar-refractivity contribution in [3.05, 3.63) is 0 Å². The van der Waals surface area contributed by atoms with Crippen LogP contribution in [0.5, 0.6) is 0 Å². The average Bonchev–Trinajstić information content (AvgIpc) is 2.08. The molecule has 0 radical (unpaired) electrons. The molecule has 0 spiro atoms. The summed E-state index contributed by atoms with van der Waals surface area (Å²) in [5.41, 5.74) is 0. The Balaban J connectivity index is 4.54. The summed E-state index contributed by atoms with van der Waals surface area (Å²) < 4.78 is 3.27. The van der Waals surface area contributed by atoms with Crippen LogP contribution in [0.1, 0.15) is 27.7 Å². The normalized spacial score (nSPS) is 10.3. The third kappa shape index (κ3) is 3.45. The molecule has 0 aromatic rings. The molecule has 0 aliphatic carbocycles. The summed E-state index contributed by atoms with van der Waals surface area (Å²) in [7, 11) is 0. The summed E-state index contributed by atoms with van der Waals surface area (Å²) in [6.45, 7) is 8.17. The second-order valence-corrected chi connectivity index (χ2v) is 13.5. The molecule has 0 rings (SSSR count). The van der Waals surface area contributed by atoms with Crippen LogP contribution in [0.25, 0.3) is 0 Å². The number of hydrogen-bond donors (Lipinski definition) is 0. The number of carbonyl (C=O) groups is 1. The molecule has 0 amide bonds. The molecule has 12 heavy (non-hydrogen) atoms. The van der Waals surface area contributed by atoms with E-state index in [0.29, 0.717) is 0 Å². The van der Waals surface area contributed by atoms with Crippen LogP contribution in [-0.2, 0) is 4.79 Å². The molecule has 0 saturated carbocycles. The van der Waals surface area contributed by atoms with Gasteiger partial charge in [0.05, 0.1) is 0 Å². The van der Waals surface area contributed by atoms with Crippen molar-refractivity contribution in [3.8, 4) is 10.7 Å². The second-order valence-electron chi connectivity index (χ2n) is 3.15. The summed E-state index contributed by atoms with van der Waals surface area (Å²) in [6.07, 6.45) is 0. The maximum atomic E-state index is 10.7. The van der Waals surface area contributed by atoms with Gasteiger partial charge in [0.2, 0.25) is 0 Å². The Morgan fingerprint density at radius 3 is 1.83 bits per heavy atom. The van der Waals surface area contributed by atoms with E-state index in [1.165, 1.54) is 15.8 Å². The number of Topliss-reactive ketones (excluding diaryl/α,β-unsaturated/α-hetero) is 1. The monoisotopic (exact) mass is 228 g/mol. The number of ketones is 1. The summed E-state index contributed by atoms with van der Waals surface area (Å²) in [6, 6.07) is 0. The van der Waals surface area contributed by atoms with Gasteiger partial charge in [-0.3, -0.25) is 0 Å². The van der Waals surface area contributed by atoms with Crippen LogP contribution in [0, 0.1) is 10.7 Å². The first kappa shape index (κ1) is 11.8. The van der Waals surface area contributed by atoms with Crippen molar-refractivity contribution in [1.82, 2.24) is 0 Å². The van der Waals surface area contributed by atoms with Gasteiger partial charge in [-0.1, -0.05) is 0 Å². The van der Waals surface area contributed by atoms with E-state index in [1.54, 1.807) is 6.92 Å². The van der Waals surface area contributed by atoms with Gasteiger partial charge in [0.15, 0.2) is 0 Å². The first-order valence-electron chi connectivity index (χ1n) is 4.64. The summed E-state index contributed by atoms with van der Waals surface area (Å²) in [4.78, 5) is 10.7. The molecule has 0 saturated heterocycles. The van der Waals surface area contributed by atoms with Crippen LogP contribution in [0.2, 0.25) is 15.8 Å². The third-order valence-electron chi connectivity index (χ3n) is 2.53. The van der Waals surface area contributed by atoms with Crippen molar-refractivity contribution in [2.24, 2.45) is 0 Å². The van der Waals surface area contributed by atoms with Crippen LogP contribution in [0.4, 0.5) is 0 Å². The molecule has 0 aromatic carbocycles. The first-order valence-corrected chi connectivity index (χ1v) is 10.1. The summed E-state index contributed by atoms with van der Waals surface area (Å²) in [5, 5.41) is 3.65. The van der Waals surface area contributed by atoms with Gasteiger partial charge in [-0.2, -0.15) is 0 Å². The van der Waals surface area contributed by atoms with Crippen molar-refractivity contribution < 1.29 is 4.79 Å². The van der Waals surface area contributed by atoms with Gasteiger partial charge in [-0.25, -0.2) is 0 Å². The quantitative estimate of drug-likeness (QED) is 0.534. The number of rotatable bonds is 3. The molecule has 0 aliphatic heterocycles. The van der Waals surface area contributed by atoms with E-state index in [0.717, 1.165) is 0 Å². The Morgan fingerprint density at radius 2 is 1.58 bits per heavy atom. The average molecular weight is 227 g/mol. The van der Waals surface area contributed by atoms with Gasteiger partial charge < -0.3 is 0 Å². The fourth-order valence-corrected chi connectivity index (χ4v) is 6.42. The molecule has 2 heteroatoms. The molecule has 0 aliphatic rings. The Morgan fingerprint density at radius 1 is 1.17 bits per heavy atom. The van der Waals surface area contributed by atoms with Crippen molar-refractivity contribution in [2.75, 3.05) is 0 Å². The fraction of sp³-hybridized carbons (Fsp3) is 0.700. The zero-order valence-electron chi connectivity index (χ0n) is 8.53. The van der Waals surface area contributed by atoms with Gasteiger partial charge >= 0.3 is 78.0 Å². The fourth-order valence-electron chi connectivity index (χ4n) is 1.24. The van der Waals surface area contributed by atoms with E-state index in [1.807, 2.05) is 0 Å². The van der Waals surface area contributed by atoms with Gasteiger partial charge in [-0.05, 0) is 0 Å². The molecule has 0 atom stereocenters. The van der Waals surface area contributed by atoms with Crippen molar-refractivity contribution in [2.45, 2.75) is 43.5 Å². The molecule has 0 bridgehead atoms. The summed E-state index contributed by atoms with van der Waals surface area (Å²) >= 11 is -1.87. The molecule has 0 aromatic heterocycles. The third-order valence-corrected chi connectivity index (χ3v) is 12.4. The van der Waals surface area contributed by atoms with Crippen LogP contribution in [-0.4, -0.2) is 19.0 Å². The number of hydrogen-bond acceptors (Lipinski definition) is 1. The Hall–Kier alpha value is -0.227. The van der Waals surface area contributed by atoms with E-state index in [-0.39, 0.29) is 5.78 Å². The van der Waals surface area contributed by atoms with E-state index >= 15 is 0 Å². The van der Waals surface area contributed by atoms with Gasteiger partial charge in [0.25, 0.3) is 0 Å². The van der Waals surface area contributed by atoms with Crippen molar-refractivity contribution >= 4 is 19.0 Å². The minimum atomic E-state index is -1.87. The molecule has 0 N–H and O–H groups in total. The zero-order chi connectivity index (χ0) is 9.61. The molecular formula is C10H18GeO. The molecule has 0 unspecified atom stereocenters. The minimum absolute atomic E-state index is 0.0142. The van der Waals surface area contributed by atoms with Gasteiger partial charge in [-0.15, -0.1) is 0 Å². The van der Waals surface area contributed by atoms with Crippen LogP contribution in [0.15, 0.2) is 0 Å². The van der Waals surface area contributed by atoms with E-state index in [4.69, 9.17) is 0 Å². The van der Waals surface area contributed by atoms with E-state index in [2.05, 4.69) is 31.4 Å². The van der Waals surface area contributed by atoms with E-state index in [9.17, 15) is 4.79 Å². The maximum absolute atomic E-state index is 10.7. The first-order chi connectivity index (χ1) is 5.60. The molecule has 0 heterocycles. The topological polar surface area (TPSA) is 17.1 Å². The number of carbonyl (C=O) groups excluding carboxylic acids is 1. The van der Waals surface area contributed by atoms with Gasteiger partial charge in [0, 0.05) is 0 Å². The zero-order valence-corrected chi connectivity index (χ0v) is 10.6. The van der Waals surface area contributed by atoms with Crippen molar-refractivity contribution in [1.29, 1.82) is 0 Å². The van der Waals surface area contributed by atoms with E-state index < -0.39 is 13.3 Å². The predicted octanol–water partition coefficient (Wildman–Crippen LogP) is 2.63. The van der Waals surface area contributed by atoms with Gasteiger partial charge in [0.1, 0.15) is 0 Å². The molecule has 1 nitrogen and oxygen atoms in total. The Bertz CT molecular complexity index is 197. The second kappa shape index (κ2) is 5.42. The van der Waals surface area contributed by atoms with Crippen LogP contribution in [0.3, 0.4) is 0 Å². The molecule has 68 valence electrons. The SMILES string of the molecule is C[CH2][Ge]([C]#CC(C)=O)([CH2]C)[CH2]C. The predicted molar refractivity (Wildman–Crippen MR) is 55.7 cm³/mol. The molecule has 0 fully saturated rings. The summed E-state index contributed by atoms with van der Waals surface area (Å²) in [5.74, 6) is 2.75.